The van der Waals surface area contributed by atoms with Gasteiger partial charge in [0.1, 0.15) is 0 Å². The summed E-state index contributed by atoms with van der Waals surface area (Å²) in [5.74, 6) is 6.43. The topological polar surface area (TPSA) is 38.0 Å². The molecule has 1 unspecified atom stereocenters. The molecule has 1 rings (SSSR count). The predicted molar refractivity (Wildman–Crippen MR) is 77.6 cm³/mol. The molecular formula is C14H23BrN2. The standard InChI is InChI=1S/C14H23BrN2/c1-3-11(4-2)9-13(17-16)10-12-7-5-6-8-14(12)15/h5-8,11,13,17H,3-4,9-10,16H2,1-2H3. The monoisotopic (exact) mass is 298 g/mol. The number of benzene rings is 1. The Kier molecular flexibility index (Phi) is 6.78. The first-order valence-corrected chi connectivity index (χ1v) is 7.20. The molecule has 0 aromatic heterocycles. The average Bonchev–Trinajstić information content (AvgIpc) is 2.36. The van der Waals surface area contributed by atoms with Crippen molar-refractivity contribution < 1.29 is 0 Å². The molecule has 0 aliphatic carbocycles. The van der Waals surface area contributed by atoms with E-state index in [9.17, 15) is 0 Å². The molecule has 3 N–H and O–H groups in total. The van der Waals surface area contributed by atoms with Crippen LogP contribution in [0.15, 0.2) is 28.7 Å². The zero-order chi connectivity index (χ0) is 12.7. The number of nitrogens with one attached hydrogen (secondary N) is 1. The molecule has 2 nitrogen and oxygen atoms in total. The summed E-state index contributed by atoms with van der Waals surface area (Å²) in [6, 6.07) is 8.71. The Bertz CT molecular complexity index is 324. The van der Waals surface area contributed by atoms with E-state index < -0.39 is 0 Å². The van der Waals surface area contributed by atoms with Gasteiger partial charge >= 0.3 is 0 Å². The third-order valence-electron chi connectivity index (χ3n) is 3.43. The van der Waals surface area contributed by atoms with Crippen molar-refractivity contribution in [2.24, 2.45) is 11.8 Å². The first-order valence-electron chi connectivity index (χ1n) is 6.40. The van der Waals surface area contributed by atoms with Gasteiger partial charge in [0, 0.05) is 10.5 Å². The van der Waals surface area contributed by atoms with Gasteiger partial charge in [-0.25, -0.2) is 0 Å². The van der Waals surface area contributed by atoms with Gasteiger partial charge in [0.25, 0.3) is 0 Å². The van der Waals surface area contributed by atoms with E-state index in [1.54, 1.807) is 0 Å². The molecule has 1 atom stereocenters. The van der Waals surface area contributed by atoms with Crippen molar-refractivity contribution >= 4 is 15.9 Å². The molecule has 0 saturated carbocycles. The van der Waals surface area contributed by atoms with Crippen LogP contribution in [0.4, 0.5) is 0 Å². The lowest BCUT2D eigenvalue weighted by atomic mass is 9.92. The van der Waals surface area contributed by atoms with Gasteiger partial charge in [0.05, 0.1) is 0 Å². The first kappa shape index (κ1) is 14.7. The fourth-order valence-electron chi connectivity index (χ4n) is 2.16. The van der Waals surface area contributed by atoms with Crippen LogP contribution in [0.1, 0.15) is 38.7 Å². The van der Waals surface area contributed by atoms with Crippen LogP contribution in [-0.2, 0) is 6.42 Å². The third kappa shape index (κ3) is 4.78. The smallest absolute Gasteiger partial charge is 0.0253 e. The van der Waals surface area contributed by atoms with E-state index in [0.29, 0.717) is 6.04 Å². The minimum absolute atomic E-state index is 0.360. The molecule has 17 heavy (non-hydrogen) atoms. The van der Waals surface area contributed by atoms with Crippen LogP contribution in [0, 0.1) is 5.92 Å². The second-order valence-electron chi connectivity index (χ2n) is 4.58. The van der Waals surface area contributed by atoms with Crippen molar-refractivity contribution in [2.45, 2.75) is 45.6 Å². The van der Waals surface area contributed by atoms with Crippen molar-refractivity contribution in [3.63, 3.8) is 0 Å². The van der Waals surface area contributed by atoms with Gasteiger partial charge in [-0.2, -0.15) is 0 Å². The Morgan fingerprint density at radius 3 is 2.41 bits per heavy atom. The van der Waals surface area contributed by atoms with Crippen LogP contribution in [0.25, 0.3) is 0 Å². The molecule has 0 aliphatic heterocycles. The third-order valence-corrected chi connectivity index (χ3v) is 4.21. The van der Waals surface area contributed by atoms with Gasteiger partial charge in [-0.15, -0.1) is 0 Å². The highest BCUT2D eigenvalue weighted by Gasteiger charge is 2.14. The van der Waals surface area contributed by atoms with Crippen molar-refractivity contribution in [1.82, 2.24) is 5.43 Å². The molecule has 96 valence electrons. The van der Waals surface area contributed by atoms with Gasteiger partial charge in [-0.1, -0.05) is 60.8 Å². The number of nitrogens with two attached hydrogens (primary N) is 1. The number of hydrogen-bond donors (Lipinski definition) is 2. The predicted octanol–water partition coefficient (Wildman–Crippen LogP) is 3.65. The SMILES string of the molecule is CCC(CC)CC(Cc1ccccc1Br)NN. The minimum atomic E-state index is 0.360. The molecular weight excluding hydrogens is 276 g/mol. The Hall–Kier alpha value is -0.380. The average molecular weight is 299 g/mol. The molecule has 0 aliphatic rings. The van der Waals surface area contributed by atoms with Gasteiger partial charge in [0.2, 0.25) is 0 Å². The number of halogens is 1. The second kappa shape index (κ2) is 7.85. The number of hydrazine groups is 1. The summed E-state index contributed by atoms with van der Waals surface area (Å²) in [6.07, 6.45) is 4.58. The van der Waals surface area contributed by atoms with E-state index in [4.69, 9.17) is 5.84 Å². The zero-order valence-corrected chi connectivity index (χ0v) is 12.3. The molecule has 0 spiro atoms. The van der Waals surface area contributed by atoms with Crippen molar-refractivity contribution in [1.29, 1.82) is 0 Å². The van der Waals surface area contributed by atoms with Crippen LogP contribution < -0.4 is 11.3 Å². The van der Waals surface area contributed by atoms with Crippen LogP contribution >= 0.6 is 15.9 Å². The molecule has 0 saturated heterocycles. The minimum Gasteiger partial charge on any atom is -0.271 e. The Morgan fingerprint density at radius 1 is 1.24 bits per heavy atom. The number of hydrogen-bond acceptors (Lipinski definition) is 2. The Labute approximate surface area is 113 Å². The van der Waals surface area contributed by atoms with Crippen molar-refractivity contribution in [3.8, 4) is 0 Å². The summed E-state index contributed by atoms with van der Waals surface area (Å²) in [4.78, 5) is 0. The quantitative estimate of drug-likeness (QED) is 0.596. The van der Waals surface area contributed by atoms with E-state index in [2.05, 4.69) is 53.4 Å². The fraction of sp³-hybridized carbons (Fsp3) is 0.571. The summed E-state index contributed by atoms with van der Waals surface area (Å²) >= 11 is 3.59. The summed E-state index contributed by atoms with van der Waals surface area (Å²) in [5.41, 5.74) is 4.28. The largest absolute Gasteiger partial charge is 0.271 e. The van der Waals surface area contributed by atoms with E-state index in [-0.39, 0.29) is 0 Å². The molecule has 0 amide bonds. The Balaban J connectivity index is 2.61. The van der Waals surface area contributed by atoms with E-state index in [0.717, 1.165) is 18.8 Å². The lowest BCUT2D eigenvalue weighted by Crippen LogP contribution is -2.38. The maximum absolute atomic E-state index is 5.66. The summed E-state index contributed by atoms with van der Waals surface area (Å²) < 4.78 is 1.17. The molecule has 0 heterocycles. The lowest BCUT2D eigenvalue weighted by molar-refractivity contribution is 0.366. The number of rotatable bonds is 7. The van der Waals surface area contributed by atoms with E-state index in [1.807, 2.05) is 6.07 Å². The molecule has 3 heteroatoms. The molecule has 1 aromatic carbocycles. The highest BCUT2D eigenvalue weighted by Crippen LogP contribution is 2.21. The highest BCUT2D eigenvalue weighted by atomic mass is 79.9. The zero-order valence-electron chi connectivity index (χ0n) is 10.7. The Morgan fingerprint density at radius 2 is 1.88 bits per heavy atom. The van der Waals surface area contributed by atoms with Gasteiger partial charge < -0.3 is 0 Å². The first-order chi connectivity index (χ1) is 8.21. The second-order valence-corrected chi connectivity index (χ2v) is 5.43. The van der Waals surface area contributed by atoms with Gasteiger partial charge in [-0.05, 0) is 30.4 Å². The van der Waals surface area contributed by atoms with Crippen LogP contribution in [-0.4, -0.2) is 6.04 Å². The fourth-order valence-corrected chi connectivity index (χ4v) is 2.61. The maximum Gasteiger partial charge on any atom is 0.0253 e. The molecule has 1 aromatic rings. The van der Waals surface area contributed by atoms with Crippen LogP contribution in [0.2, 0.25) is 0 Å². The van der Waals surface area contributed by atoms with Crippen LogP contribution in [0.5, 0.6) is 0 Å². The normalized spacial score (nSPS) is 13.0. The van der Waals surface area contributed by atoms with Gasteiger partial charge in [-0.3, -0.25) is 11.3 Å². The molecule has 0 fully saturated rings. The van der Waals surface area contributed by atoms with Crippen molar-refractivity contribution in [2.75, 3.05) is 0 Å². The maximum atomic E-state index is 5.66. The van der Waals surface area contributed by atoms with E-state index in [1.165, 1.54) is 22.9 Å². The lowest BCUT2D eigenvalue weighted by Gasteiger charge is -2.21. The van der Waals surface area contributed by atoms with E-state index >= 15 is 0 Å². The molecule has 0 bridgehead atoms. The summed E-state index contributed by atoms with van der Waals surface area (Å²) in [6.45, 7) is 4.50. The summed E-state index contributed by atoms with van der Waals surface area (Å²) in [5, 5.41) is 0. The van der Waals surface area contributed by atoms with Gasteiger partial charge in [0.15, 0.2) is 0 Å². The molecule has 0 radical (unpaired) electrons. The summed E-state index contributed by atoms with van der Waals surface area (Å²) in [7, 11) is 0. The van der Waals surface area contributed by atoms with Crippen molar-refractivity contribution in [3.05, 3.63) is 34.3 Å². The highest BCUT2D eigenvalue weighted by molar-refractivity contribution is 9.10. The van der Waals surface area contributed by atoms with Crippen LogP contribution in [0.3, 0.4) is 0 Å².